The number of benzene rings is 1. The van der Waals surface area contributed by atoms with Gasteiger partial charge in [-0.3, -0.25) is 9.69 Å². The van der Waals surface area contributed by atoms with E-state index in [-0.39, 0.29) is 11.9 Å². The molecule has 3 rings (SSSR count). The van der Waals surface area contributed by atoms with Gasteiger partial charge in [0.25, 0.3) is 0 Å². The Morgan fingerprint density at radius 2 is 2.38 bits per heavy atom. The van der Waals surface area contributed by atoms with Gasteiger partial charge in [0, 0.05) is 50.8 Å². The maximum absolute atomic E-state index is 12.4. The van der Waals surface area contributed by atoms with E-state index >= 15 is 0 Å². The Labute approximate surface area is 141 Å². The van der Waals surface area contributed by atoms with Gasteiger partial charge in [-0.1, -0.05) is 6.07 Å². The first-order chi connectivity index (χ1) is 11.7. The Morgan fingerprint density at radius 1 is 1.50 bits per heavy atom. The lowest BCUT2D eigenvalue weighted by Crippen LogP contribution is -2.49. The molecule has 1 aliphatic rings. The van der Waals surface area contributed by atoms with Crippen LogP contribution < -0.4 is 15.4 Å². The van der Waals surface area contributed by atoms with Crippen molar-refractivity contribution in [3.05, 3.63) is 42.5 Å². The minimum Gasteiger partial charge on any atom is -0.497 e. The Morgan fingerprint density at radius 3 is 3.12 bits per heavy atom. The van der Waals surface area contributed by atoms with Crippen LogP contribution in [0.4, 0.5) is 5.69 Å². The van der Waals surface area contributed by atoms with E-state index < -0.39 is 0 Å². The summed E-state index contributed by atoms with van der Waals surface area (Å²) in [7, 11) is 3.59. The van der Waals surface area contributed by atoms with Gasteiger partial charge in [-0.15, -0.1) is 0 Å². The number of nitrogens with zero attached hydrogens (tertiary/aromatic N) is 3. The number of carbonyl (C=O) groups excluding carboxylic acids is 1. The molecule has 1 fully saturated rings. The maximum atomic E-state index is 12.4. The molecule has 1 atom stereocenters. The lowest BCUT2D eigenvalue weighted by atomic mass is 10.1. The van der Waals surface area contributed by atoms with Gasteiger partial charge in [-0.05, 0) is 12.1 Å². The van der Waals surface area contributed by atoms with Crippen LogP contribution in [0.5, 0.6) is 5.75 Å². The summed E-state index contributed by atoms with van der Waals surface area (Å²) in [4.78, 5) is 19.0. The molecule has 7 nitrogen and oxygen atoms in total. The molecule has 7 heteroatoms. The zero-order valence-corrected chi connectivity index (χ0v) is 14.0. The van der Waals surface area contributed by atoms with Gasteiger partial charge in [-0.2, -0.15) is 0 Å². The number of hydrogen-bond acceptors (Lipinski definition) is 5. The number of anilines is 1. The second-order valence-corrected chi connectivity index (χ2v) is 5.87. The van der Waals surface area contributed by atoms with Gasteiger partial charge in [0.1, 0.15) is 11.6 Å². The zero-order chi connectivity index (χ0) is 16.9. The van der Waals surface area contributed by atoms with E-state index in [0.717, 1.165) is 36.9 Å². The van der Waals surface area contributed by atoms with Crippen LogP contribution in [-0.4, -0.2) is 53.6 Å². The standard InChI is InChI=1S/C17H23N5O2/c1-21-8-7-19-17(21)15-11-18-6-9-22(15)12-16(23)20-13-4-3-5-14(10-13)24-2/h3-5,7-8,10,15,18H,6,9,11-12H2,1-2H3,(H,20,23). The van der Waals surface area contributed by atoms with E-state index in [4.69, 9.17) is 4.74 Å². The summed E-state index contributed by atoms with van der Waals surface area (Å²) >= 11 is 0. The quantitative estimate of drug-likeness (QED) is 0.857. The van der Waals surface area contributed by atoms with Crippen LogP contribution in [0.1, 0.15) is 11.9 Å². The smallest absolute Gasteiger partial charge is 0.238 e. The highest BCUT2D eigenvalue weighted by molar-refractivity contribution is 5.92. The lowest BCUT2D eigenvalue weighted by Gasteiger charge is -2.35. The molecule has 0 aliphatic carbocycles. The fourth-order valence-electron chi connectivity index (χ4n) is 2.97. The molecule has 2 heterocycles. The first-order valence-electron chi connectivity index (χ1n) is 8.03. The number of piperazine rings is 1. The molecule has 2 aromatic rings. The molecule has 0 saturated carbocycles. The third-order valence-electron chi connectivity index (χ3n) is 4.21. The first-order valence-corrected chi connectivity index (χ1v) is 8.03. The summed E-state index contributed by atoms with van der Waals surface area (Å²) < 4.78 is 7.19. The van der Waals surface area contributed by atoms with Gasteiger partial charge < -0.3 is 19.9 Å². The van der Waals surface area contributed by atoms with Crippen LogP contribution in [0.3, 0.4) is 0 Å². The maximum Gasteiger partial charge on any atom is 0.238 e. The molecule has 128 valence electrons. The van der Waals surface area contributed by atoms with Crippen LogP contribution in [0, 0.1) is 0 Å². The number of rotatable bonds is 5. The van der Waals surface area contributed by atoms with Gasteiger partial charge in [0.05, 0.1) is 19.7 Å². The number of hydrogen-bond donors (Lipinski definition) is 2. The highest BCUT2D eigenvalue weighted by atomic mass is 16.5. The number of aryl methyl sites for hydroxylation is 1. The fourth-order valence-corrected chi connectivity index (χ4v) is 2.97. The molecule has 0 radical (unpaired) electrons. The van der Waals surface area contributed by atoms with Crippen molar-refractivity contribution in [2.45, 2.75) is 6.04 Å². The van der Waals surface area contributed by atoms with Crippen molar-refractivity contribution in [3.63, 3.8) is 0 Å². The average Bonchev–Trinajstić information content (AvgIpc) is 3.01. The second-order valence-electron chi connectivity index (χ2n) is 5.87. The Bertz CT molecular complexity index is 700. The van der Waals surface area contributed by atoms with Gasteiger partial charge in [0.2, 0.25) is 5.91 Å². The van der Waals surface area contributed by atoms with Crippen LogP contribution >= 0.6 is 0 Å². The van der Waals surface area contributed by atoms with Crippen molar-refractivity contribution in [1.82, 2.24) is 19.8 Å². The number of imidazole rings is 1. The molecule has 1 amide bonds. The van der Waals surface area contributed by atoms with Gasteiger partial charge in [0.15, 0.2) is 0 Å². The van der Waals surface area contributed by atoms with Gasteiger partial charge >= 0.3 is 0 Å². The number of amides is 1. The van der Waals surface area contributed by atoms with Crippen molar-refractivity contribution < 1.29 is 9.53 Å². The van der Waals surface area contributed by atoms with Crippen LogP contribution in [-0.2, 0) is 11.8 Å². The lowest BCUT2D eigenvalue weighted by molar-refractivity contribution is -0.118. The predicted octanol–water partition coefficient (Wildman–Crippen LogP) is 1.01. The molecular weight excluding hydrogens is 306 g/mol. The van der Waals surface area contributed by atoms with E-state index in [0.29, 0.717) is 6.54 Å². The van der Waals surface area contributed by atoms with E-state index in [1.54, 1.807) is 13.3 Å². The third kappa shape index (κ3) is 3.74. The number of aromatic nitrogens is 2. The van der Waals surface area contributed by atoms with Crippen molar-refractivity contribution in [2.75, 3.05) is 38.6 Å². The second kappa shape index (κ2) is 7.46. The SMILES string of the molecule is COc1cccc(NC(=O)CN2CCNCC2c2nccn2C)c1. The van der Waals surface area contributed by atoms with Crippen LogP contribution in [0.25, 0.3) is 0 Å². The van der Waals surface area contributed by atoms with Crippen LogP contribution in [0.2, 0.25) is 0 Å². The molecule has 24 heavy (non-hydrogen) atoms. The largest absolute Gasteiger partial charge is 0.497 e. The molecule has 1 aliphatic heterocycles. The summed E-state index contributed by atoms with van der Waals surface area (Å²) in [6.07, 6.45) is 3.72. The molecule has 2 N–H and O–H groups in total. The number of nitrogens with one attached hydrogen (secondary N) is 2. The highest BCUT2D eigenvalue weighted by Gasteiger charge is 2.28. The predicted molar refractivity (Wildman–Crippen MR) is 92.0 cm³/mol. The third-order valence-corrected chi connectivity index (χ3v) is 4.21. The molecule has 1 aromatic carbocycles. The summed E-state index contributed by atoms with van der Waals surface area (Å²) in [6, 6.07) is 7.47. The monoisotopic (exact) mass is 329 g/mol. The normalized spacial score (nSPS) is 18.3. The highest BCUT2D eigenvalue weighted by Crippen LogP contribution is 2.21. The Hall–Kier alpha value is -2.38. The zero-order valence-electron chi connectivity index (χ0n) is 14.0. The molecular formula is C17H23N5O2. The summed E-state index contributed by atoms with van der Waals surface area (Å²) in [5, 5.41) is 6.31. The molecule has 1 unspecified atom stereocenters. The number of carbonyl (C=O) groups is 1. The van der Waals surface area contributed by atoms with E-state index in [1.807, 2.05) is 42.1 Å². The van der Waals surface area contributed by atoms with E-state index in [9.17, 15) is 4.79 Å². The Kier molecular flexibility index (Phi) is 5.12. The van der Waals surface area contributed by atoms with E-state index in [1.165, 1.54) is 0 Å². The van der Waals surface area contributed by atoms with Crippen molar-refractivity contribution in [3.8, 4) is 5.75 Å². The molecule has 0 bridgehead atoms. The van der Waals surface area contributed by atoms with Gasteiger partial charge in [-0.25, -0.2) is 4.98 Å². The first kappa shape index (κ1) is 16.5. The topological polar surface area (TPSA) is 71.4 Å². The summed E-state index contributed by atoms with van der Waals surface area (Å²) in [5.74, 6) is 1.65. The van der Waals surface area contributed by atoms with E-state index in [2.05, 4.69) is 20.5 Å². The summed E-state index contributed by atoms with van der Waals surface area (Å²) in [5.41, 5.74) is 0.739. The Balaban J connectivity index is 1.66. The van der Waals surface area contributed by atoms with Crippen LogP contribution in [0.15, 0.2) is 36.7 Å². The molecule has 1 aromatic heterocycles. The minimum absolute atomic E-state index is 0.0376. The van der Waals surface area contributed by atoms with Crippen molar-refractivity contribution >= 4 is 11.6 Å². The molecule has 1 saturated heterocycles. The average molecular weight is 329 g/mol. The van der Waals surface area contributed by atoms with Crippen molar-refractivity contribution in [1.29, 1.82) is 0 Å². The number of methoxy groups -OCH3 is 1. The van der Waals surface area contributed by atoms with Crippen molar-refractivity contribution in [2.24, 2.45) is 7.05 Å². The molecule has 0 spiro atoms. The minimum atomic E-state index is -0.0376. The number of ether oxygens (including phenoxy) is 1. The summed E-state index contributed by atoms with van der Waals surface area (Å²) in [6.45, 7) is 2.80. The fraction of sp³-hybridized carbons (Fsp3) is 0.412.